The van der Waals surface area contributed by atoms with Gasteiger partial charge in [0, 0.05) is 29.8 Å². The fraction of sp³-hybridized carbons (Fsp3) is 0.591. The zero-order chi connectivity index (χ0) is 18.8. The molecular weight excluding hydrogens is 345 g/mol. The molecule has 0 radical (unpaired) electrons. The summed E-state index contributed by atoms with van der Waals surface area (Å²) in [6.45, 7) is 3.92. The van der Waals surface area contributed by atoms with Gasteiger partial charge in [-0.1, -0.05) is 0 Å². The molecule has 1 aliphatic carbocycles. The average molecular weight is 373 g/mol. The number of esters is 1. The lowest BCUT2D eigenvalue weighted by atomic mass is 9.75. The Morgan fingerprint density at radius 1 is 1.26 bits per heavy atom. The molecular formula is C22H28FNO3. The number of halogens is 1. The second-order valence-electron chi connectivity index (χ2n) is 7.67. The Balaban J connectivity index is 1.73. The van der Waals surface area contributed by atoms with Gasteiger partial charge < -0.3 is 14.0 Å². The molecule has 0 bridgehead atoms. The van der Waals surface area contributed by atoms with Crippen LogP contribution in [0.3, 0.4) is 0 Å². The third kappa shape index (κ3) is 3.49. The third-order valence-corrected chi connectivity index (χ3v) is 6.26. The van der Waals surface area contributed by atoms with Crippen LogP contribution >= 0.6 is 0 Å². The van der Waals surface area contributed by atoms with Crippen molar-refractivity contribution < 1.29 is 18.7 Å². The molecule has 2 heterocycles. The second-order valence-corrected chi connectivity index (χ2v) is 7.67. The minimum absolute atomic E-state index is 0.289. The summed E-state index contributed by atoms with van der Waals surface area (Å²) in [5, 5.41) is 1.10. The van der Waals surface area contributed by atoms with Crippen molar-refractivity contribution in [3.8, 4) is 0 Å². The predicted octanol–water partition coefficient (Wildman–Crippen LogP) is 4.32. The summed E-state index contributed by atoms with van der Waals surface area (Å²) >= 11 is 0. The van der Waals surface area contributed by atoms with Crippen molar-refractivity contribution in [3.05, 3.63) is 35.0 Å². The quantitative estimate of drug-likeness (QED) is 0.733. The molecule has 0 saturated carbocycles. The van der Waals surface area contributed by atoms with Gasteiger partial charge in [0.15, 0.2) is 0 Å². The van der Waals surface area contributed by atoms with E-state index in [9.17, 15) is 9.18 Å². The van der Waals surface area contributed by atoms with Gasteiger partial charge in [0.2, 0.25) is 0 Å². The molecule has 4 nitrogen and oxygen atoms in total. The number of hydrogen-bond donors (Lipinski definition) is 0. The van der Waals surface area contributed by atoms with Crippen LogP contribution in [0.4, 0.5) is 4.39 Å². The van der Waals surface area contributed by atoms with Gasteiger partial charge in [0.05, 0.1) is 18.7 Å². The van der Waals surface area contributed by atoms with Gasteiger partial charge in [-0.25, -0.2) is 9.18 Å². The number of nitrogens with zero attached hydrogens (tertiary/aromatic N) is 1. The van der Waals surface area contributed by atoms with E-state index in [1.807, 2.05) is 19.1 Å². The molecule has 1 aromatic heterocycles. The Labute approximate surface area is 159 Å². The monoisotopic (exact) mass is 373 g/mol. The minimum Gasteiger partial charge on any atom is -0.462 e. The van der Waals surface area contributed by atoms with Crippen LogP contribution in [0.15, 0.2) is 18.2 Å². The number of aromatic nitrogens is 1. The molecule has 1 fully saturated rings. The van der Waals surface area contributed by atoms with Gasteiger partial charge in [-0.15, -0.1) is 0 Å². The van der Waals surface area contributed by atoms with Gasteiger partial charge in [-0.05, 0) is 74.6 Å². The lowest BCUT2D eigenvalue weighted by molar-refractivity contribution is 0.0438. The molecule has 0 spiro atoms. The summed E-state index contributed by atoms with van der Waals surface area (Å²) in [5.74, 6) is 1.07. The molecule has 0 amide bonds. The fourth-order valence-corrected chi connectivity index (χ4v) is 4.95. The first-order valence-electron chi connectivity index (χ1n) is 10.2. The SMILES string of the molecule is CCOC(=O)c1ccc2c(c1)c1c(n2CCF)CCC(C2CCOCC2)C1. The largest absolute Gasteiger partial charge is 0.462 e. The Hall–Kier alpha value is -1.88. The first-order valence-corrected chi connectivity index (χ1v) is 10.2. The lowest BCUT2D eigenvalue weighted by Crippen LogP contribution is -2.28. The van der Waals surface area contributed by atoms with Gasteiger partial charge in [0.25, 0.3) is 0 Å². The number of carbonyl (C=O) groups is 1. The van der Waals surface area contributed by atoms with Crippen molar-refractivity contribution >= 4 is 16.9 Å². The number of carbonyl (C=O) groups excluding carboxylic acids is 1. The van der Waals surface area contributed by atoms with E-state index in [1.165, 1.54) is 11.3 Å². The number of aryl methyl sites for hydroxylation is 1. The number of ether oxygens (including phenoxy) is 2. The molecule has 2 aliphatic rings. The minimum atomic E-state index is -0.376. The highest BCUT2D eigenvalue weighted by Crippen LogP contribution is 2.39. The number of alkyl halides is 1. The molecule has 4 rings (SSSR count). The van der Waals surface area contributed by atoms with E-state index in [0.717, 1.165) is 56.2 Å². The predicted molar refractivity (Wildman–Crippen MR) is 103 cm³/mol. The van der Waals surface area contributed by atoms with Crippen molar-refractivity contribution in [1.82, 2.24) is 4.57 Å². The topological polar surface area (TPSA) is 40.5 Å². The summed E-state index contributed by atoms with van der Waals surface area (Å²) < 4.78 is 26.1. The van der Waals surface area contributed by atoms with Gasteiger partial charge >= 0.3 is 5.97 Å². The Morgan fingerprint density at radius 2 is 2.07 bits per heavy atom. The van der Waals surface area contributed by atoms with E-state index in [4.69, 9.17) is 9.47 Å². The number of fused-ring (bicyclic) bond motifs is 3. The van der Waals surface area contributed by atoms with Gasteiger partial charge in [-0.3, -0.25) is 0 Å². The zero-order valence-electron chi connectivity index (χ0n) is 16.0. The number of benzene rings is 1. The number of rotatable bonds is 5. The lowest BCUT2D eigenvalue weighted by Gasteiger charge is -2.33. The zero-order valence-corrected chi connectivity index (χ0v) is 16.0. The molecule has 27 heavy (non-hydrogen) atoms. The highest BCUT2D eigenvalue weighted by Gasteiger charge is 2.31. The van der Waals surface area contributed by atoms with Crippen LogP contribution in [0.5, 0.6) is 0 Å². The maximum atomic E-state index is 13.2. The van der Waals surface area contributed by atoms with E-state index in [0.29, 0.717) is 30.6 Å². The van der Waals surface area contributed by atoms with Crippen molar-refractivity contribution in [3.63, 3.8) is 0 Å². The Kier molecular flexibility index (Phi) is 5.48. The molecule has 1 unspecified atom stereocenters. The molecule has 1 atom stereocenters. The molecule has 1 saturated heterocycles. The van der Waals surface area contributed by atoms with Crippen LogP contribution in [0, 0.1) is 11.8 Å². The van der Waals surface area contributed by atoms with Crippen LogP contribution in [-0.2, 0) is 28.9 Å². The molecule has 1 aromatic carbocycles. The Bertz CT molecular complexity index is 823. The van der Waals surface area contributed by atoms with Crippen LogP contribution in [0.2, 0.25) is 0 Å². The molecule has 5 heteroatoms. The molecule has 146 valence electrons. The maximum absolute atomic E-state index is 13.2. The average Bonchev–Trinajstić information content (AvgIpc) is 3.02. The van der Waals surface area contributed by atoms with Crippen LogP contribution in [-0.4, -0.2) is 37.0 Å². The molecule has 0 N–H and O–H groups in total. The van der Waals surface area contributed by atoms with Crippen LogP contribution in [0.25, 0.3) is 10.9 Å². The van der Waals surface area contributed by atoms with E-state index in [-0.39, 0.29) is 12.6 Å². The standard InChI is InChI=1S/C22H28FNO3/c1-2-27-22(25)17-4-6-21-19(14-17)18-13-16(15-7-11-26-12-8-15)3-5-20(18)24(21)10-9-23/h4,6,14-16H,2-3,5,7-13H2,1H3. The smallest absolute Gasteiger partial charge is 0.338 e. The summed E-state index contributed by atoms with van der Waals surface area (Å²) in [7, 11) is 0. The molecule has 2 aromatic rings. The van der Waals surface area contributed by atoms with Crippen molar-refractivity contribution in [2.45, 2.75) is 45.6 Å². The van der Waals surface area contributed by atoms with Crippen molar-refractivity contribution in [2.75, 3.05) is 26.5 Å². The maximum Gasteiger partial charge on any atom is 0.338 e. The van der Waals surface area contributed by atoms with Crippen molar-refractivity contribution in [2.24, 2.45) is 11.8 Å². The van der Waals surface area contributed by atoms with Crippen LogP contribution < -0.4 is 0 Å². The molecule has 1 aliphatic heterocycles. The summed E-state index contributed by atoms with van der Waals surface area (Å²) in [4.78, 5) is 12.2. The van der Waals surface area contributed by atoms with Crippen molar-refractivity contribution in [1.29, 1.82) is 0 Å². The highest BCUT2D eigenvalue weighted by atomic mass is 19.1. The summed E-state index contributed by atoms with van der Waals surface area (Å²) in [5.41, 5.74) is 4.19. The van der Waals surface area contributed by atoms with Gasteiger partial charge in [0.1, 0.15) is 6.67 Å². The first kappa shape index (κ1) is 18.5. The van der Waals surface area contributed by atoms with E-state index < -0.39 is 0 Å². The van der Waals surface area contributed by atoms with Crippen LogP contribution in [0.1, 0.15) is 47.8 Å². The number of hydrogen-bond acceptors (Lipinski definition) is 3. The van der Waals surface area contributed by atoms with E-state index >= 15 is 0 Å². The normalized spacial score (nSPS) is 20.6. The third-order valence-electron chi connectivity index (χ3n) is 6.26. The first-order chi connectivity index (χ1) is 13.2. The fourth-order valence-electron chi connectivity index (χ4n) is 4.95. The summed E-state index contributed by atoms with van der Waals surface area (Å²) in [6.07, 6.45) is 5.43. The Morgan fingerprint density at radius 3 is 2.81 bits per heavy atom. The summed E-state index contributed by atoms with van der Waals surface area (Å²) in [6, 6.07) is 5.71. The van der Waals surface area contributed by atoms with Gasteiger partial charge in [-0.2, -0.15) is 0 Å². The highest BCUT2D eigenvalue weighted by molar-refractivity contribution is 5.96. The second kappa shape index (κ2) is 8.01. The van der Waals surface area contributed by atoms with E-state index in [2.05, 4.69) is 4.57 Å². The van der Waals surface area contributed by atoms with E-state index in [1.54, 1.807) is 6.07 Å².